The molecule has 2 aliphatic rings. The van der Waals surface area contributed by atoms with Crippen molar-refractivity contribution in [2.75, 3.05) is 13.2 Å². The minimum Gasteiger partial charge on any atom is -0.395 e. The highest BCUT2D eigenvalue weighted by atomic mass is 16.3. The molecule has 0 unspecified atom stereocenters. The first kappa shape index (κ1) is 10.4. The van der Waals surface area contributed by atoms with Crippen molar-refractivity contribution in [3.8, 4) is 0 Å². The van der Waals surface area contributed by atoms with Crippen molar-refractivity contribution in [3.63, 3.8) is 0 Å². The largest absolute Gasteiger partial charge is 0.395 e. The first-order valence-electron chi connectivity index (χ1n) is 6.10. The summed E-state index contributed by atoms with van der Waals surface area (Å²) >= 11 is 0. The van der Waals surface area contributed by atoms with Crippen molar-refractivity contribution in [2.45, 2.75) is 51.6 Å². The second kappa shape index (κ2) is 4.19. The fourth-order valence-corrected chi connectivity index (χ4v) is 3.38. The molecule has 1 saturated heterocycles. The normalized spacial score (nSPS) is 35.1. The molecule has 1 heterocycles. The summed E-state index contributed by atoms with van der Waals surface area (Å²) in [6.45, 7) is 6.01. The molecule has 3 atom stereocenters. The monoisotopic (exact) mass is 197 g/mol. The Morgan fingerprint density at radius 1 is 1.29 bits per heavy atom. The van der Waals surface area contributed by atoms with Gasteiger partial charge in [-0.2, -0.15) is 0 Å². The highest BCUT2D eigenvalue weighted by Gasteiger charge is 2.40. The molecule has 0 aromatic heterocycles. The number of hydrogen-bond donors (Lipinski definition) is 1. The van der Waals surface area contributed by atoms with Crippen molar-refractivity contribution in [1.29, 1.82) is 0 Å². The van der Waals surface area contributed by atoms with Crippen LogP contribution in [0.5, 0.6) is 0 Å². The molecule has 0 aromatic carbocycles. The molecule has 1 aliphatic carbocycles. The summed E-state index contributed by atoms with van der Waals surface area (Å²) < 4.78 is 0. The first-order valence-corrected chi connectivity index (χ1v) is 6.10. The van der Waals surface area contributed by atoms with Gasteiger partial charge in [0.25, 0.3) is 0 Å². The molecule has 2 nitrogen and oxygen atoms in total. The van der Waals surface area contributed by atoms with E-state index < -0.39 is 0 Å². The Balaban J connectivity index is 2.02. The van der Waals surface area contributed by atoms with Crippen LogP contribution in [-0.2, 0) is 0 Å². The highest BCUT2D eigenvalue weighted by Crippen LogP contribution is 2.39. The zero-order valence-corrected chi connectivity index (χ0v) is 9.45. The molecule has 0 radical (unpaired) electrons. The first-order chi connectivity index (χ1) is 6.74. The van der Waals surface area contributed by atoms with Gasteiger partial charge in [0.15, 0.2) is 0 Å². The van der Waals surface area contributed by atoms with Crippen LogP contribution in [0.2, 0.25) is 0 Å². The number of fused-ring (bicyclic) bond motifs is 1. The number of rotatable bonds is 3. The molecule has 82 valence electrons. The van der Waals surface area contributed by atoms with Gasteiger partial charge in [0.05, 0.1) is 6.61 Å². The lowest BCUT2D eigenvalue weighted by Crippen LogP contribution is -2.44. The van der Waals surface area contributed by atoms with Gasteiger partial charge in [-0.05, 0) is 37.6 Å². The summed E-state index contributed by atoms with van der Waals surface area (Å²) in [6.07, 6.45) is 5.57. The summed E-state index contributed by atoms with van der Waals surface area (Å²) in [6, 6.07) is 1.21. The van der Waals surface area contributed by atoms with E-state index in [1.807, 2.05) is 0 Å². The van der Waals surface area contributed by atoms with Crippen molar-refractivity contribution >= 4 is 0 Å². The van der Waals surface area contributed by atoms with Crippen molar-refractivity contribution < 1.29 is 5.11 Å². The van der Waals surface area contributed by atoms with Crippen LogP contribution in [0.15, 0.2) is 0 Å². The van der Waals surface area contributed by atoms with Crippen LogP contribution in [0.4, 0.5) is 0 Å². The summed E-state index contributed by atoms with van der Waals surface area (Å²) in [5, 5.41) is 9.44. The predicted octanol–water partition coefficient (Wildman–Crippen LogP) is 1.88. The molecule has 1 saturated carbocycles. The van der Waals surface area contributed by atoms with Gasteiger partial charge in [0, 0.05) is 12.1 Å². The average molecular weight is 197 g/mol. The molecule has 0 spiro atoms. The average Bonchev–Trinajstić information content (AvgIpc) is 2.69. The number of hydrogen-bond acceptors (Lipinski definition) is 2. The van der Waals surface area contributed by atoms with Crippen LogP contribution in [0.3, 0.4) is 0 Å². The lowest BCUT2D eigenvalue weighted by atomic mass is 10.0. The lowest BCUT2D eigenvalue weighted by Gasteiger charge is -2.34. The number of nitrogens with zero attached hydrogens (tertiary/aromatic N) is 1. The third-order valence-electron chi connectivity index (χ3n) is 4.19. The standard InChI is InChI=1S/C12H23NO/c1-9(2)12(8-14)13-7-6-10-4-3-5-11(10)13/h9-12,14H,3-8H2,1-2H3/t10-,11-,12+/m0/s1. The van der Waals surface area contributed by atoms with Gasteiger partial charge in [0.2, 0.25) is 0 Å². The molecule has 1 N–H and O–H groups in total. The van der Waals surface area contributed by atoms with Gasteiger partial charge in [0.1, 0.15) is 0 Å². The Bertz CT molecular complexity index is 193. The van der Waals surface area contributed by atoms with Crippen LogP contribution in [0, 0.1) is 11.8 Å². The second-order valence-corrected chi connectivity index (χ2v) is 5.28. The Morgan fingerprint density at radius 3 is 2.71 bits per heavy atom. The maximum Gasteiger partial charge on any atom is 0.0589 e. The maximum absolute atomic E-state index is 9.44. The van der Waals surface area contributed by atoms with E-state index in [0.717, 1.165) is 12.0 Å². The van der Waals surface area contributed by atoms with E-state index >= 15 is 0 Å². The van der Waals surface area contributed by atoms with E-state index in [1.54, 1.807) is 0 Å². The zero-order valence-electron chi connectivity index (χ0n) is 9.45. The lowest BCUT2D eigenvalue weighted by molar-refractivity contribution is 0.0772. The molecule has 2 heteroatoms. The maximum atomic E-state index is 9.44. The molecular formula is C12H23NO. The van der Waals surface area contributed by atoms with Gasteiger partial charge in [-0.1, -0.05) is 20.3 Å². The van der Waals surface area contributed by atoms with Gasteiger partial charge >= 0.3 is 0 Å². The molecule has 0 amide bonds. The van der Waals surface area contributed by atoms with Crippen LogP contribution >= 0.6 is 0 Å². The fourth-order valence-electron chi connectivity index (χ4n) is 3.38. The quantitative estimate of drug-likeness (QED) is 0.746. The Hall–Kier alpha value is -0.0800. The molecule has 0 aromatic rings. The smallest absolute Gasteiger partial charge is 0.0589 e. The number of aliphatic hydroxyl groups is 1. The Labute approximate surface area is 87.3 Å². The summed E-state index contributed by atoms with van der Waals surface area (Å²) in [5.74, 6) is 1.53. The Kier molecular flexibility index (Phi) is 3.13. The topological polar surface area (TPSA) is 23.5 Å². The van der Waals surface area contributed by atoms with Gasteiger partial charge in [-0.3, -0.25) is 4.90 Å². The molecule has 2 fully saturated rings. The highest BCUT2D eigenvalue weighted by molar-refractivity contribution is 4.94. The summed E-state index contributed by atoms with van der Waals surface area (Å²) in [4.78, 5) is 2.59. The Morgan fingerprint density at radius 2 is 2.07 bits per heavy atom. The number of aliphatic hydroxyl groups excluding tert-OH is 1. The SMILES string of the molecule is CC(C)[C@@H](CO)N1CC[C@@H]2CCC[C@@H]21. The van der Waals surface area contributed by atoms with E-state index in [4.69, 9.17) is 0 Å². The van der Waals surface area contributed by atoms with Crippen LogP contribution in [0.1, 0.15) is 39.5 Å². The van der Waals surface area contributed by atoms with Crippen molar-refractivity contribution in [3.05, 3.63) is 0 Å². The molecule has 2 rings (SSSR count). The minimum absolute atomic E-state index is 0.334. The third-order valence-corrected chi connectivity index (χ3v) is 4.19. The molecular weight excluding hydrogens is 174 g/mol. The van der Waals surface area contributed by atoms with Gasteiger partial charge in [-0.15, -0.1) is 0 Å². The van der Waals surface area contributed by atoms with Crippen LogP contribution < -0.4 is 0 Å². The fraction of sp³-hybridized carbons (Fsp3) is 1.00. The molecule has 1 aliphatic heterocycles. The second-order valence-electron chi connectivity index (χ2n) is 5.28. The summed E-state index contributed by atoms with van der Waals surface area (Å²) in [7, 11) is 0. The van der Waals surface area contributed by atoms with Gasteiger partial charge < -0.3 is 5.11 Å². The van der Waals surface area contributed by atoms with Crippen LogP contribution in [-0.4, -0.2) is 35.2 Å². The molecule has 14 heavy (non-hydrogen) atoms. The van der Waals surface area contributed by atoms with E-state index in [9.17, 15) is 5.11 Å². The van der Waals surface area contributed by atoms with Crippen LogP contribution in [0.25, 0.3) is 0 Å². The van der Waals surface area contributed by atoms with Gasteiger partial charge in [-0.25, -0.2) is 0 Å². The summed E-state index contributed by atoms with van der Waals surface area (Å²) in [5.41, 5.74) is 0. The van der Waals surface area contributed by atoms with Crippen molar-refractivity contribution in [1.82, 2.24) is 4.90 Å². The van der Waals surface area contributed by atoms with E-state index in [1.165, 1.54) is 32.2 Å². The van der Waals surface area contributed by atoms with E-state index in [2.05, 4.69) is 18.7 Å². The third kappa shape index (κ3) is 1.70. The van der Waals surface area contributed by atoms with Crippen molar-refractivity contribution in [2.24, 2.45) is 11.8 Å². The van der Waals surface area contributed by atoms with E-state index in [0.29, 0.717) is 18.6 Å². The number of likely N-dealkylation sites (tertiary alicyclic amines) is 1. The zero-order chi connectivity index (χ0) is 10.1. The molecule has 0 bridgehead atoms. The van der Waals surface area contributed by atoms with E-state index in [-0.39, 0.29) is 0 Å². The minimum atomic E-state index is 0.334. The predicted molar refractivity (Wildman–Crippen MR) is 58.2 cm³/mol.